The number of rotatable bonds is 5. The van der Waals surface area contributed by atoms with Gasteiger partial charge in [-0.2, -0.15) is 4.68 Å². The smallest absolute Gasteiger partial charge is 0.251 e. The lowest BCUT2D eigenvalue weighted by Gasteiger charge is -2.32. The third-order valence-electron chi connectivity index (χ3n) is 5.60. The predicted octanol–water partition coefficient (Wildman–Crippen LogP) is 4.38. The Morgan fingerprint density at radius 2 is 1.61 bits per heavy atom. The highest BCUT2D eigenvalue weighted by molar-refractivity contribution is 5.97. The summed E-state index contributed by atoms with van der Waals surface area (Å²) in [7, 11) is 0. The van der Waals surface area contributed by atoms with Crippen LogP contribution in [0, 0.1) is 13.8 Å². The van der Waals surface area contributed by atoms with E-state index in [2.05, 4.69) is 45.1 Å². The highest BCUT2D eigenvalue weighted by atomic mass is 16.2. The number of benzene rings is 3. The van der Waals surface area contributed by atoms with Crippen molar-refractivity contribution in [3.8, 4) is 0 Å². The molecule has 0 spiro atoms. The molecule has 0 bridgehead atoms. The molecule has 0 saturated heterocycles. The third kappa shape index (κ3) is 4.25. The summed E-state index contributed by atoms with van der Waals surface area (Å²) in [5, 5.41) is 15.5. The zero-order valence-corrected chi connectivity index (χ0v) is 18.5. The molecule has 4 aromatic rings. The molecule has 0 unspecified atom stereocenters. The second kappa shape index (κ2) is 8.70. The molecule has 1 aromatic heterocycles. The van der Waals surface area contributed by atoms with E-state index >= 15 is 0 Å². The maximum absolute atomic E-state index is 13.1. The number of aromatic nitrogens is 4. The number of allylic oxidation sites excluding steroid dienone is 1. The van der Waals surface area contributed by atoms with Gasteiger partial charge in [0.15, 0.2) is 0 Å². The second-order valence-corrected chi connectivity index (χ2v) is 8.21. The number of nitrogens with one attached hydrogen (secondary N) is 1. The summed E-state index contributed by atoms with van der Waals surface area (Å²) in [6.07, 6.45) is 2.11. The van der Waals surface area contributed by atoms with E-state index in [-0.39, 0.29) is 18.5 Å². The largest absolute Gasteiger partial charge is 0.325 e. The summed E-state index contributed by atoms with van der Waals surface area (Å²) in [5.41, 5.74) is 5.93. The fourth-order valence-electron chi connectivity index (χ4n) is 4.26. The van der Waals surface area contributed by atoms with Gasteiger partial charge in [0.25, 0.3) is 5.95 Å². The van der Waals surface area contributed by atoms with Crippen molar-refractivity contribution in [1.82, 2.24) is 20.2 Å². The first-order valence-corrected chi connectivity index (χ1v) is 10.8. The standard InChI is InChI=1S/C26H24N6O/c1-18-13-19(2)15-22(14-18)27-25(33)17-31-23(20-9-5-3-6-10-20)16-24(21-11-7-4-8-12-21)32-26(31)28-29-30-32/h3-16,24H,17H2,1-2H3,(H,27,33)/t24-/m0/s1. The average Bonchev–Trinajstić information content (AvgIpc) is 3.30. The number of hydrogen-bond donors (Lipinski definition) is 1. The van der Waals surface area contributed by atoms with Crippen LogP contribution < -0.4 is 10.2 Å². The van der Waals surface area contributed by atoms with Gasteiger partial charge in [-0.1, -0.05) is 71.8 Å². The molecule has 164 valence electrons. The van der Waals surface area contributed by atoms with Crippen LogP contribution in [0.1, 0.15) is 28.3 Å². The molecule has 5 rings (SSSR count). The molecule has 0 fully saturated rings. The van der Waals surface area contributed by atoms with Crippen LogP contribution in [-0.2, 0) is 4.79 Å². The Balaban J connectivity index is 1.52. The van der Waals surface area contributed by atoms with Gasteiger partial charge in [-0.3, -0.25) is 9.69 Å². The molecule has 1 aliphatic rings. The number of carbonyl (C=O) groups is 1. The summed E-state index contributed by atoms with van der Waals surface area (Å²) in [5.74, 6) is 0.385. The molecule has 0 radical (unpaired) electrons. The lowest BCUT2D eigenvalue weighted by atomic mass is 10.0. The Labute approximate surface area is 192 Å². The quantitative estimate of drug-likeness (QED) is 0.503. The minimum absolute atomic E-state index is 0.0790. The maximum atomic E-state index is 13.1. The van der Waals surface area contributed by atoms with Gasteiger partial charge in [-0.25, -0.2) is 0 Å². The van der Waals surface area contributed by atoms with Gasteiger partial charge >= 0.3 is 0 Å². The summed E-state index contributed by atoms with van der Waals surface area (Å²) in [6.45, 7) is 4.11. The van der Waals surface area contributed by atoms with Crippen molar-refractivity contribution in [2.75, 3.05) is 16.8 Å². The van der Waals surface area contributed by atoms with Crippen molar-refractivity contribution in [3.05, 3.63) is 107 Å². The fourth-order valence-corrected chi connectivity index (χ4v) is 4.26. The number of tetrazole rings is 1. The first-order valence-electron chi connectivity index (χ1n) is 10.8. The fraction of sp³-hybridized carbons (Fsp3) is 0.154. The average molecular weight is 437 g/mol. The number of anilines is 2. The Kier molecular flexibility index (Phi) is 5.44. The topological polar surface area (TPSA) is 75.9 Å². The third-order valence-corrected chi connectivity index (χ3v) is 5.60. The summed E-state index contributed by atoms with van der Waals surface area (Å²) >= 11 is 0. The van der Waals surface area contributed by atoms with E-state index in [1.54, 1.807) is 4.68 Å². The molecule has 1 amide bonds. The first-order chi connectivity index (χ1) is 16.1. The van der Waals surface area contributed by atoms with Gasteiger partial charge in [0.2, 0.25) is 5.91 Å². The Morgan fingerprint density at radius 1 is 0.939 bits per heavy atom. The zero-order chi connectivity index (χ0) is 22.8. The number of fused-ring (bicyclic) bond motifs is 1. The zero-order valence-electron chi connectivity index (χ0n) is 18.5. The van der Waals surface area contributed by atoms with Gasteiger partial charge in [-0.15, -0.1) is 0 Å². The van der Waals surface area contributed by atoms with Crippen LogP contribution >= 0.6 is 0 Å². The van der Waals surface area contributed by atoms with E-state index in [0.717, 1.165) is 33.6 Å². The SMILES string of the molecule is Cc1cc(C)cc(NC(=O)CN2C(c3ccccc3)=C[C@@H](c3ccccc3)n3nnnc32)c1. The molecule has 3 aromatic carbocycles. The Hall–Kier alpha value is -4.26. The molecule has 7 nitrogen and oxygen atoms in total. The van der Waals surface area contributed by atoms with Crippen molar-refractivity contribution in [3.63, 3.8) is 0 Å². The summed E-state index contributed by atoms with van der Waals surface area (Å²) in [4.78, 5) is 15.0. The Bertz CT molecular complexity index is 1290. The van der Waals surface area contributed by atoms with E-state index in [9.17, 15) is 4.79 Å². The monoisotopic (exact) mass is 436 g/mol. The van der Waals surface area contributed by atoms with Crippen LogP contribution in [0.2, 0.25) is 0 Å². The van der Waals surface area contributed by atoms with E-state index in [0.29, 0.717) is 5.95 Å². The molecule has 2 heterocycles. The first kappa shape index (κ1) is 20.6. The van der Waals surface area contributed by atoms with Crippen molar-refractivity contribution in [2.24, 2.45) is 0 Å². The van der Waals surface area contributed by atoms with Gasteiger partial charge in [0.05, 0.1) is 5.70 Å². The molecule has 1 atom stereocenters. The maximum Gasteiger partial charge on any atom is 0.251 e. The van der Waals surface area contributed by atoms with Gasteiger partial charge in [0, 0.05) is 5.69 Å². The number of nitrogens with zero attached hydrogens (tertiary/aromatic N) is 5. The number of carbonyl (C=O) groups excluding carboxylic acids is 1. The summed E-state index contributed by atoms with van der Waals surface area (Å²) < 4.78 is 1.76. The van der Waals surface area contributed by atoms with E-state index in [1.807, 2.05) is 79.4 Å². The van der Waals surface area contributed by atoms with Crippen molar-refractivity contribution in [1.29, 1.82) is 0 Å². The van der Waals surface area contributed by atoms with Crippen LogP contribution in [0.15, 0.2) is 84.9 Å². The molecular weight excluding hydrogens is 412 g/mol. The van der Waals surface area contributed by atoms with Gasteiger partial charge in [-0.05, 0) is 64.7 Å². The van der Waals surface area contributed by atoms with Crippen LogP contribution in [0.5, 0.6) is 0 Å². The highest BCUT2D eigenvalue weighted by Gasteiger charge is 2.31. The van der Waals surface area contributed by atoms with E-state index in [4.69, 9.17) is 0 Å². The molecule has 7 heteroatoms. The molecule has 1 aliphatic heterocycles. The van der Waals surface area contributed by atoms with Gasteiger partial charge in [0.1, 0.15) is 12.6 Å². The lowest BCUT2D eigenvalue weighted by molar-refractivity contribution is -0.114. The minimum atomic E-state index is -0.176. The van der Waals surface area contributed by atoms with Crippen molar-refractivity contribution >= 4 is 23.2 Å². The van der Waals surface area contributed by atoms with E-state index < -0.39 is 0 Å². The summed E-state index contributed by atoms with van der Waals surface area (Å²) in [6, 6.07) is 25.9. The molecular formula is C26H24N6O. The minimum Gasteiger partial charge on any atom is -0.325 e. The van der Waals surface area contributed by atoms with Crippen LogP contribution in [0.25, 0.3) is 5.70 Å². The molecule has 1 N–H and O–H groups in total. The number of hydrogen-bond acceptors (Lipinski definition) is 5. The van der Waals surface area contributed by atoms with Crippen molar-refractivity contribution < 1.29 is 4.79 Å². The lowest BCUT2D eigenvalue weighted by Crippen LogP contribution is -2.37. The van der Waals surface area contributed by atoms with E-state index in [1.165, 1.54) is 0 Å². The Morgan fingerprint density at radius 3 is 2.30 bits per heavy atom. The van der Waals surface area contributed by atoms with Crippen molar-refractivity contribution in [2.45, 2.75) is 19.9 Å². The molecule has 33 heavy (non-hydrogen) atoms. The van der Waals surface area contributed by atoms with Crippen LogP contribution in [0.3, 0.4) is 0 Å². The highest BCUT2D eigenvalue weighted by Crippen LogP contribution is 2.36. The molecule has 0 aliphatic carbocycles. The predicted molar refractivity (Wildman–Crippen MR) is 129 cm³/mol. The normalized spacial score (nSPS) is 15.0. The van der Waals surface area contributed by atoms with Gasteiger partial charge < -0.3 is 5.32 Å². The van der Waals surface area contributed by atoms with Crippen LogP contribution in [-0.4, -0.2) is 32.7 Å². The number of aryl methyl sites for hydroxylation is 2. The van der Waals surface area contributed by atoms with Crippen LogP contribution in [0.4, 0.5) is 11.6 Å². The molecule has 0 saturated carbocycles. The second-order valence-electron chi connectivity index (χ2n) is 8.21. The number of amides is 1.